The van der Waals surface area contributed by atoms with Gasteiger partial charge in [-0.2, -0.15) is 0 Å². The maximum Gasteiger partial charge on any atom is 0.269 e. The van der Waals surface area contributed by atoms with Gasteiger partial charge in [0.15, 0.2) is 15.5 Å². The second-order valence-electron chi connectivity index (χ2n) is 10.1. The lowest BCUT2D eigenvalue weighted by Gasteiger charge is -2.36. The van der Waals surface area contributed by atoms with Crippen molar-refractivity contribution < 1.29 is 21.6 Å². The summed E-state index contributed by atoms with van der Waals surface area (Å²) in [5, 5.41) is 0.698. The number of rotatable bonds is 6. The van der Waals surface area contributed by atoms with Crippen LogP contribution < -0.4 is 4.90 Å². The van der Waals surface area contributed by atoms with E-state index in [2.05, 4.69) is 9.88 Å². The van der Waals surface area contributed by atoms with Gasteiger partial charge in [0.2, 0.25) is 0 Å². The number of fused-ring (bicyclic) bond motifs is 1. The van der Waals surface area contributed by atoms with Gasteiger partial charge in [-0.15, -0.1) is 0 Å². The maximum absolute atomic E-state index is 13.8. The van der Waals surface area contributed by atoms with Crippen molar-refractivity contribution in [1.29, 1.82) is 0 Å². The van der Waals surface area contributed by atoms with E-state index < -0.39 is 19.9 Å². The zero-order valence-corrected chi connectivity index (χ0v) is 24.4. The molecule has 42 heavy (non-hydrogen) atoms. The molecule has 11 heteroatoms. The number of anilines is 1. The van der Waals surface area contributed by atoms with E-state index in [0.29, 0.717) is 48.3 Å². The molecule has 9 nitrogen and oxygen atoms in total. The van der Waals surface area contributed by atoms with Crippen LogP contribution in [0.5, 0.6) is 0 Å². The number of hydrogen-bond acceptors (Lipinski definition) is 7. The zero-order valence-electron chi connectivity index (χ0n) is 22.8. The first-order chi connectivity index (χ1) is 20.1. The summed E-state index contributed by atoms with van der Waals surface area (Å²) >= 11 is 0. The topological polar surface area (TPSA) is 110 Å². The van der Waals surface area contributed by atoms with Gasteiger partial charge >= 0.3 is 0 Å². The van der Waals surface area contributed by atoms with Gasteiger partial charge in [0.25, 0.3) is 15.9 Å². The van der Waals surface area contributed by atoms with Crippen LogP contribution in [0.2, 0.25) is 0 Å². The fourth-order valence-corrected chi connectivity index (χ4v) is 7.27. The van der Waals surface area contributed by atoms with E-state index >= 15 is 0 Å². The van der Waals surface area contributed by atoms with E-state index in [9.17, 15) is 21.6 Å². The minimum atomic E-state index is -3.82. The van der Waals surface area contributed by atoms with E-state index in [-0.39, 0.29) is 15.7 Å². The Labute approximate surface area is 244 Å². The molecule has 1 aliphatic heterocycles. The Morgan fingerprint density at radius 1 is 0.762 bits per heavy atom. The van der Waals surface area contributed by atoms with E-state index in [0.717, 1.165) is 17.5 Å². The van der Waals surface area contributed by atoms with Crippen LogP contribution >= 0.6 is 0 Å². The maximum atomic E-state index is 13.8. The fourth-order valence-electron chi connectivity index (χ4n) is 5.30. The first-order valence-electron chi connectivity index (χ1n) is 13.3. The average molecular weight is 601 g/mol. The van der Waals surface area contributed by atoms with Crippen molar-refractivity contribution in [3.8, 4) is 11.1 Å². The summed E-state index contributed by atoms with van der Waals surface area (Å²) in [6.07, 6.45) is 4.24. The van der Waals surface area contributed by atoms with E-state index in [1.165, 1.54) is 22.3 Å². The number of amides is 1. The van der Waals surface area contributed by atoms with Crippen LogP contribution in [0.25, 0.3) is 22.2 Å². The Hall–Kier alpha value is -4.48. The molecule has 0 N–H and O–H groups in total. The first kappa shape index (κ1) is 27.7. The molecule has 1 aliphatic rings. The van der Waals surface area contributed by atoms with Gasteiger partial charge in [0.05, 0.1) is 9.79 Å². The number of aromatic nitrogens is 2. The monoisotopic (exact) mass is 600 g/mol. The Morgan fingerprint density at radius 2 is 1.43 bits per heavy atom. The Morgan fingerprint density at radius 3 is 2.10 bits per heavy atom. The average Bonchev–Trinajstić information content (AvgIpc) is 3.46. The largest absolute Gasteiger partial charge is 0.367 e. The predicted octanol–water partition coefficient (Wildman–Crippen LogP) is 4.31. The van der Waals surface area contributed by atoms with E-state index in [1.807, 2.05) is 36.4 Å². The lowest BCUT2D eigenvalue weighted by atomic mass is 9.98. The summed E-state index contributed by atoms with van der Waals surface area (Å²) in [5.74, 6) is -0.237. The minimum absolute atomic E-state index is 0.0957. The number of benzene rings is 3. The first-order valence-corrected chi connectivity index (χ1v) is 16.7. The molecule has 5 aromatic rings. The summed E-state index contributed by atoms with van der Waals surface area (Å²) < 4.78 is 52.4. The van der Waals surface area contributed by atoms with Gasteiger partial charge in [-0.05, 0) is 47.5 Å². The molecule has 0 bridgehead atoms. The van der Waals surface area contributed by atoms with Gasteiger partial charge in [0, 0.05) is 61.5 Å². The molecule has 0 aliphatic carbocycles. The number of pyridine rings is 1. The van der Waals surface area contributed by atoms with Crippen molar-refractivity contribution in [2.75, 3.05) is 37.3 Å². The van der Waals surface area contributed by atoms with E-state index in [4.69, 9.17) is 0 Å². The van der Waals surface area contributed by atoms with Gasteiger partial charge in [0.1, 0.15) is 0 Å². The van der Waals surface area contributed by atoms with Gasteiger partial charge in [-0.1, -0.05) is 54.6 Å². The summed E-state index contributed by atoms with van der Waals surface area (Å²) in [4.78, 5) is 22.3. The highest BCUT2D eigenvalue weighted by atomic mass is 32.2. The minimum Gasteiger partial charge on any atom is -0.367 e. The molecule has 3 heterocycles. The van der Waals surface area contributed by atoms with Crippen LogP contribution in [-0.2, 0) is 19.9 Å². The molecule has 2 aromatic heterocycles. The smallest absolute Gasteiger partial charge is 0.269 e. The molecule has 0 unspecified atom stereocenters. The third-order valence-electron chi connectivity index (χ3n) is 7.47. The normalized spacial score (nSPS) is 14.3. The zero-order chi connectivity index (χ0) is 29.5. The molecular weight excluding hydrogens is 572 g/mol. The summed E-state index contributed by atoms with van der Waals surface area (Å²) in [5.41, 5.74) is 3.01. The van der Waals surface area contributed by atoms with Crippen molar-refractivity contribution in [1.82, 2.24) is 13.9 Å². The molecule has 3 aromatic carbocycles. The third-order valence-corrected chi connectivity index (χ3v) is 10.3. The van der Waals surface area contributed by atoms with Gasteiger partial charge < -0.3 is 9.80 Å². The highest BCUT2D eigenvalue weighted by Gasteiger charge is 2.27. The van der Waals surface area contributed by atoms with Crippen molar-refractivity contribution in [2.24, 2.45) is 0 Å². The third kappa shape index (κ3) is 5.05. The van der Waals surface area contributed by atoms with E-state index in [1.54, 1.807) is 53.6 Å². The molecule has 1 amide bonds. The lowest BCUT2D eigenvalue weighted by Crippen LogP contribution is -2.49. The number of hydrogen-bond donors (Lipinski definition) is 0. The van der Waals surface area contributed by atoms with Gasteiger partial charge in [-0.25, -0.2) is 25.8 Å². The molecule has 0 saturated carbocycles. The standard InChI is InChI=1S/C31H28N4O5S2/c1-41(37,38)25-12-13-26(23-8-4-2-5-9-23)28(22-25)31(36)34-20-18-33(19-21-34)29-14-16-32-30-27(29)15-17-35(30)42(39,40)24-10-6-3-7-11-24/h2-17,22H,18-21H2,1H3. The Kier molecular flexibility index (Phi) is 7.07. The number of piperazine rings is 1. The molecule has 214 valence electrons. The van der Waals surface area contributed by atoms with Crippen LogP contribution in [-0.4, -0.2) is 69.0 Å². The molecule has 0 spiro atoms. The molecule has 1 saturated heterocycles. The molecular formula is C31H28N4O5S2. The molecule has 0 atom stereocenters. The van der Waals surface area contributed by atoms with Crippen molar-refractivity contribution in [3.05, 3.63) is 109 Å². The molecule has 0 radical (unpaired) electrons. The van der Waals surface area contributed by atoms with Crippen molar-refractivity contribution in [2.45, 2.75) is 9.79 Å². The summed E-state index contributed by atoms with van der Waals surface area (Å²) in [7, 11) is -7.33. The highest BCUT2D eigenvalue weighted by Crippen LogP contribution is 2.31. The van der Waals surface area contributed by atoms with Crippen LogP contribution in [0.1, 0.15) is 10.4 Å². The fraction of sp³-hybridized carbons (Fsp3) is 0.161. The summed E-state index contributed by atoms with van der Waals surface area (Å²) in [6.45, 7) is 1.83. The number of carbonyl (C=O) groups excluding carboxylic acids is 1. The van der Waals surface area contributed by atoms with Crippen LogP contribution in [0.3, 0.4) is 0 Å². The molecule has 1 fully saturated rings. The number of carbonyl (C=O) groups is 1. The second kappa shape index (κ2) is 10.7. The second-order valence-corrected chi connectivity index (χ2v) is 14.0. The summed E-state index contributed by atoms with van der Waals surface area (Å²) in [6, 6.07) is 25.9. The van der Waals surface area contributed by atoms with Crippen LogP contribution in [0.15, 0.2) is 113 Å². The highest BCUT2D eigenvalue weighted by molar-refractivity contribution is 7.90. The van der Waals surface area contributed by atoms with Crippen LogP contribution in [0.4, 0.5) is 5.69 Å². The lowest BCUT2D eigenvalue weighted by molar-refractivity contribution is 0.0747. The number of sulfone groups is 1. The van der Waals surface area contributed by atoms with Crippen LogP contribution in [0, 0.1) is 0 Å². The van der Waals surface area contributed by atoms with Crippen molar-refractivity contribution >= 4 is 42.5 Å². The Bertz CT molecular complexity index is 2000. The SMILES string of the molecule is CS(=O)(=O)c1ccc(-c2ccccc2)c(C(=O)N2CCN(c3ccnc4c3ccn4S(=O)(=O)c3ccccc3)CC2)c1. The molecule has 6 rings (SSSR count). The van der Waals surface area contributed by atoms with Gasteiger partial charge in [-0.3, -0.25) is 4.79 Å². The predicted molar refractivity (Wildman–Crippen MR) is 162 cm³/mol. The van der Waals surface area contributed by atoms with Crippen molar-refractivity contribution in [3.63, 3.8) is 0 Å². The number of nitrogens with zero attached hydrogens (tertiary/aromatic N) is 4. The quantitative estimate of drug-likeness (QED) is 0.286. The Balaban J connectivity index is 1.27.